The first-order valence-electron chi connectivity index (χ1n) is 8.41. The van der Waals surface area contributed by atoms with Gasteiger partial charge >= 0.3 is 0 Å². The largest absolute Gasteiger partial charge is 0.346 e. The van der Waals surface area contributed by atoms with Gasteiger partial charge in [0.15, 0.2) is 5.01 Å². The van der Waals surface area contributed by atoms with Gasteiger partial charge in [-0.2, -0.15) is 0 Å². The summed E-state index contributed by atoms with van der Waals surface area (Å²) in [6.45, 7) is 5.47. The average Bonchev–Trinajstić information content (AvgIpc) is 3.07. The Morgan fingerprint density at radius 3 is 2.83 bits per heavy atom. The summed E-state index contributed by atoms with van der Waals surface area (Å²) < 4.78 is 1.06. The second kappa shape index (κ2) is 6.86. The van der Waals surface area contributed by atoms with Crippen molar-refractivity contribution in [2.45, 2.75) is 34.9 Å². The maximum atomic E-state index is 12.5. The van der Waals surface area contributed by atoms with Gasteiger partial charge in [0.2, 0.25) is 0 Å². The zero-order chi connectivity index (χ0) is 16.5. The van der Waals surface area contributed by atoms with E-state index in [1.54, 1.807) is 11.8 Å². The maximum Gasteiger partial charge on any atom is 0.280 e. The van der Waals surface area contributed by atoms with E-state index < -0.39 is 0 Å². The molecule has 4 nitrogen and oxygen atoms in total. The first-order valence-corrected chi connectivity index (χ1v) is 10.0. The van der Waals surface area contributed by atoms with Crippen LogP contribution in [0.15, 0.2) is 39.6 Å². The summed E-state index contributed by atoms with van der Waals surface area (Å²) in [5, 5.41) is 3.78. The van der Waals surface area contributed by atoms with Crippen molar-refractivity contribution in [3.05, 3.63) is 41.0 Å². The highest BCUT2D eigenvalue weighted by Gasteiger charge is 2.35. The predicted octanol–water partition coefficient (Wildman–Crippen LogP) is 3.43. The van der Waals surface area contributed by atoms with Crippen molar-refractivity contribution in [3.8, 4) is 0 Å². The molecule has 3 aliphatic rings. The van der Waals surface area contributed by atoms with E-state index in [1.165, 1.54) is 47.7 Å². The van der Waals surface area contributed by atoms with Gasteiger partial charge in [0.25, 0.3) is 5.91 Å². The van der Waals surface area contributed by atoms with E-state index in [9.17, 15) is 4.79 Å². The second-order valence-electron chi connectivity index (χ2n) is 6.57. The molecule has 0 aliphatic carbocycles. The number of nitrogens with one attached hydrogen (secondary N) is 1. The first-order chi connectivity index (χ1) is 11.7. The molecule has 0 radical (unpaired) electrons. The Hall–Kier alpha value is -1.37. The minimum atomic E-state index is -0.0182. The summed E-state index contributed by atoms with van der Waals surface area (Å²) in [4.78, 5) is 20.5. The molecule has 2 aromatic rings. The molecule has 2 bridgehead atoms. The van der Waals surface area contributed by atoms with E-state index in [-0.39, 0.29) is 11.9 Å². The number of hydrogen-bond donors (Lipinski definition) is 1. The number of carbonyl (C=O) groups excluding carboxylic acids is 1. The molecule has 1 amide bonds. The van der Waals surface area contributed by atoms with Crippen LogP contribution in [-0.2, 0) is 0 Å². The number of benzene rings is 1. The van der Waals surface area contributed by atoms with Gasteiger partial charge < -0.3 is 10.2 Å². The molecule has 5 rings (SSSR count). The monoisotopic (exact) mass is 359 g/mol. The van der Waals surface area contributed by atoms with Crippen LogP contribution in [0.5, 0.6) is 0 Å². The molecule has 0 spiro atoms. The van der Waals surface area contributed by atoms with Crippen LogP contribution in [0.4, 0.5) is 0 Å². The second-order valence-corrected chi connectivity index (χ2v) is 8.94. The highest BCUT2D eigenvalue weighted by atomic mass is 32.2. The number of hydrogen-bond acceptors (Lipinski definition) is 5. The molecule has 1 N–H and O–H groups in total. The molecule has 0 saturated carbocycles. The standard InChI is InChI=1S/C18H21N3OS2/c1-12-4-2-3-5-15(12)23-16-10-19-18(24-16)17(22)20-14-11-21-8-6-13(14)7-9-21/h2-5,10,13-14H,6-9,11H2,1H3,(H,20,22)/t14-/m0/s1. The van der Waals surface area contributed by atoms with Gasteiger partial charge in [0.1, 0.15) is 0 Å². The maximum absolute atomic E-state index is 12.5. The van der Waals surface area contributed by atoms with Crippen LogP contribution in [0.25, 0.3) is 0 Å². The van der Waals surface area contributed by atoms with E-state index in [1.807, 2.05) is 18.3 Å². The van der Waals surface area contributed by atoms with Crippen molar-refractivity contribution in [1.82, 2.24) is 15.2 Å². The normalized spacial score (nSPS) is 25.6. The molecular weight excluding hydrogens is 338 g/mol. The quantitative estimate of drug-likeness (QED) is 0.908. The van der Waals surface area contributed by atoms with Gasteiger partial charge in [-0.15, -0.1) is 11.3 Å². The Labute approximate surface area is 150 Å². The van der Waals surface area contributed by atoms with E-state index in [0.29, 0.717) is 10.9 Å². The van der Waals surface area contributed by atoms with E-state index in [2.05, 4.69) is 34.3 Å². The zero-order valence-electron chi connectivity index (χ0n) is 13.7. The van der Waals surface area contributed by atoms with E-state index in [0.717, 1.165) is 10.8 Å². The number of aromatic nitrogens is 1. The lowest BCUT2D eigenvalue weighted by Crippen LogP contribution is -2.57. The third-order valence-corrected chi connectivity index (χ3v) is 7.23. The van der Waals surface area contributed by atoms with Gasteiger partial charge in [-0.3, -0.25) is 4.79 Å². The fourth-order valence-corrected chi connectivity index (χ4v) is 5.47. The number of fused-ring (bicyclic) bond motifs is 3. The molecule has 1 aromatic carbocycles. The molecule has 3 aliphatic heterocycles. The number of rotatable bonds is 4. The Kier molecular flexibility index (Phi) is 4.61. The number of aryl methyl sites for hydroxylation is 1. The number of amides is 1. The third kappa shape index (κ3) is 3.36. The third-order valence-electron chi connectivity index (χ3n) is 4.96. The fourth-order valence-electron chi connectivity index (χ4n) is 3.55. The molecule has 126 valence electrons. The summed E-state index contributed by atoms with van der Waals surface area (Å²) in [5.74, 6) is 0.620. The van der Waals surface area contributed by atoms with Crippen LogP contribution in [0.1, 0.15) is 28.2 Å². The van der Waals surface area contributed by atoms with Crippen LogP contribution in [0.2, 0.25) is 0 Å². The van der Waals surface area contributed by atoms with E-state index in [4.69, 9.17) is 0 Å². The van der Waals surface area contributed by atoms with Crippen LogP contribution in [0, 0.1) is 12.8 Å². The Bertz CT molecular complexity index is 737. The van der Waals surface area contributed by atoms with E-state index >= 15 is 0 Å². The van der Waals surface area contributed by atoms with Gasteiger partial charge in [0.05, 0.1) is 10.4 Å². The average molecular weight is 360 g/mol. The smallest absolute Gasteiger partial charge is 0.280 e. The molecular formula is C18H21N3OS2. The topological polar surface area (TPSA) is 45.2 Å². The van der Waals surface area contributed by atoms with Gasteiger partial charge in [-0.1, -0.05) is 30.0 Å². The first kappa shape index (κ1) is 16.1. The summed E-state index contributed by atoms with van der Waals surface area (Å²) in [5.41, 5.74) is 1.24. The Morgan fingerprint density at radius 2 is 2.12 bits per heavy atom. The molecule has 6 heteroatoms. The summed E-state index contributed by atoms with van der Waals surface area (Å²) in [7, 11) is 0. The molecule has 4 heterocycles. The van der Waals surface area contributed by atoms with Crippen molar-refractivity contribution in [3.63, 3.8) is 0 Å². The molecule has 24 heavy (non-hydrogen) atoms. The molecule has 0 unspecified atom stereocenters. The lowest BCUT2D eigenvalue weighted by molar-refractivity contribution is 0.0620. The lowest BCUT2D eigenvalue weighted by Gasteiger charge is -2.44. The van der Waals surface area contributed by atoms with Crippen LogP contribution < -0.4 is 5.32 Å². The summed E-state index contributed by atoms with van der Waals surface area (Å²) in [6.07, 6.45) is 4.22. The lowest BCUT2D eigenvalue weighted by atomic mass is 9.84. The number of carbonyl (C=O) groups is 1. The summed E-state index contributed by atoms with van der Waals surface area (Å²) >= 11 is 3.16. The zero-order valence-corrected chi connectivity index (χ0v) is 15.3. The predicted molar refractivity (Wildman–Crippen MR) is 97.8 cm³/mol. The van der Waals surface area contributed by atoms with Crippen molar-refractivity contribution in [2.75, 3.05) is 19.6 Å². The highest BCUT2D eigenvalue weighted by Crippen LogP contribution is 2.34. The fraction of sp³-hybridized carbons (Fsp3) is 0.444. The van der Waals surface area contributed by atoms with Crippen molar-refractivity contribution < 1.29 is 4.79 Å². The minimum Gasteiger partial charge on any atom is -0.346 e. The number of thiazole rings is 1. The minimum absolute atomic E-state index is 0.0182. The SMILES string of the molecule is Cc1ccccc1Sc1cnc(C(=O)N[C@H]2CN3CCC2CC3)s1. The van der Waals surface area contributed by atoms with Crippen molar-refractivity contribution in [2.24, 2.45) is 5.92 Å². The number of nitrogens with zero attached hydrogens (tertiary/aromatic N) is 2. The molecule has 1 atom stereocenters. The molecule has 3 fully saturated rings. The van der Waals surface area contributed by atoms with Gasteiger partial charge in [-0.05, 0) is 50.4 Å². The number of piperidine rings is 3. The molecule has 1 aromatic heterocycles. The van der Waals surface area contributed by atoms with Crippen molar-refractivity contribution >= 4 is 29.0 Å². The summed E-state index contributed by atoms with van der Waals surface area (Å²) in [6, 6.07) is 8.57. The van der Waals surface area contributed by atoms with Crippen LogP contribution in [-0.4, -0.2) is 41.5 Å². The highest BCUT2D eigenvalue weighted by molar-refractivity contribution is 8.01. The van der Waals surface area contributed by atoms with Crippen LogP contribution in [0.3, 0.4) is 0 Å². The van der Waals surface area contributed by atoms with Crippen LogP contribution >= 0.6 is 23.1 Å². The van der Waals surface area contributed by atoms with Crippen molar-refractivity contribution in [1.29, 1.82) is 0 Å². The van der Waals surface area contributed by atoms with Gasteiger partial charge in [-0.25, -0.2) is 4.98 Å². The molecule has 3 saturated heterocycles. The van der Waals surface area contributed by atoms with Gasteiger partial charge in [0, 0.05) is 17.5 Å². The Morgan fingerprint density at radius 1 is 1.33 bits per heavy atom. The Balaban J connectivity index is 1.41.